The normalized spacial score (nSPS) is 21.3. The van der Waals surface area contributed by atoms with Gasteiger partial charge in [-0.05, 0) is 51.6 Å². The molecule has 120 valence electrons. The van der Waals surface area contributed by atoms with Gasteiger partial charge in [0.15, 0.2) is 0 Å². The van der Waals surface area contributed by atoms with E-state index < -0.39 is 12.1 Å². The molecule has 0 bridgehead atoms. The van der Waals surface area contributed by atoms with Crippen molar-refractivity contribution in [3.05, 3.63) is 0 Å². The molecule has 1 aliphatic rings. The van der Waals surface area contributed by atoms with Gasteiger partial charge < -0.3 is 22.1 Å². The largest absolute Gasteiger partial charge is 0.343 e. The van der Waals surface area contributed by atoms with E-state index in [-0.39, 0.29) is 45.8 Å². The molecular weight excluding hydrogens is 392 g/mol. The number of hydrogen-bond acceptors (Lipinski definition) is 4. The van der Waals surface area contributed by atoms with Crippen LogP contribution in [0.3, 0.4) is 0 Å². The van der Waals surface area contributed by atoms with E-state index in [1.807, 2.05) is 0 Å². The van der Waals surface area contributed by atoms with Crippen LogP contribution in [0.4, 0.5) is 0 Å². The van der Waals surface area contributed by atoms with Crippen molar-refractivity contribution in [3.8, 4) is 0 Å². The van der Waals surface area contributed by atoms with E-state index in [1.54, 1.807) is 0 Å². The van der Waals surface area contributed by atoms with E-state index in [9.17, 15) is 9.59 Å². The van der Waals surface area contributed by atoms with E-state index in [0.29, 0.717) is 25.9 Å². The Bertz CT molecular complexity index is 265. The highest BCUT2D eigenvalue weighted by atomic mass is 79.9. The van der Waals surface area contributed by atoms with E-state index in [4.69, 9.17) is 11.5 Å². The Morgan fingerprint density at radius 2 is 1.10 bits per heavy atom. The van der Waals surface area contributed by atoms with E-state index in [1.165, 1.54) is 0 Å². The number of halogens is 2. The Labute approximate surface area is 141 Å². The molecule has 2 atom stereocenters. The molecule has 2 unspecified atom stereocenters. The van der Waals surface area contributed by atoms with Crippen molar-refractivity contribution in [2.24, 2.45) is 11.5 Å². The smallest absolute Gasteiger partial charge is 0.243 e. The summed E-state index contributed by atoms with van der Waals surface area (Å²) in [6.45, 7) is 1.23. The lowest BCUT2D eigenvalue weighted by Crippen LogP contribution is -2.61. The van der Waals surface area contributed by atoms with Crippen molar-refractivity contribution in [1.29, 1.82) is 0 Å². The maximum atomic E-state index is 11.8. The zero-order valence-corrected chi connectivity index (χ0v) is 15.0. The average molecular weight is 418 g/mol. The first-order chi connectivity index (χ1) is 8.69. The molecular formula is C12H26Br2N4O2. The van der Waals surface area contributed by atoms with Gasteiger partial charge in [0.25, 0.3) is 0 Å². The van der Waals surface area contributed by atoms with Crippen LogP contribution in [0.1, 0.15) is 38.5 Å². The summed E-state index contributed by atoms with van der Waals surface area (Å²) in [4.78, 5) is 23.6. The van der Waals surface area contributed by atoms with Crippen molar-refractivity contribution in [1.82, 2.24) is 10.6 Å². The predicted molar refractivity (Wildman–Crippen MR) is 90.3 cm³/mol. The van der Waals surface area contributed by atoms with Crippen LogP contribution in [0.15, 0.2) is 0 Å². The van der Waals surface area contributed by atoms with Crippen LogP contribution in [0.5, 0.6) is 0 Å². The molecule has 2 amide bonds. The van der Waals surface area contributed by atoms with Gasteiger partial charge in [-0.3, -0.25) is 9.59 Å². The number of nitrogens with two attached hydrogens (primary N) is 2. The number of unbranched alkanes of at least 4 members (excludes halogenated alkanes) is 2. The number of carbonyl (C=O) groups excluding carboxylic acids is 2. The molecule has 1 fully saturated rings. The van der Waals surface area contributed by atoms with E-state index in [0.717, 1.165) is 25.7 Å². The van der Waals surface area contributed by atoms with E-state index in [2.05, 4.69) is 10.6 Å². The maximum absolute atomic E-state index is 11.8. The summed E-state index contributed by atoms with van der Waals surface area (Å²) in [7, 11) is 0. The molecule has 1 saturated heterocycles. The minimum absolute atomic E-state index is 0. The first-order valence-corrected chi connectivity index (χ1v) is 6.70. The van der Waals surface area contributed by atoms with Crippen LogP contribution in [-0.4, -0.2) is 37.0 Å². The van der Waals surface area contributed by atoms with Crippen molar-refractivity contribution >= 4 is 45.8 Å². The molecule has 0 radical (unpaired) electrons. The van der Waals surface area contributed by atoms with Gasteiger partial charge in [0.2, 0.25) is 11.8 Å². The lowest BCUT2D eigenvalue weighted by atomic mass is 10.0. The van der Waals surface area contributed by atoms with Crippen LogP contribution >= 0.6 is 34.0 Å². The Balaban J connectivity index is 0. The molecule has 20 heavy (non-hydrogen) atoms. The molecule has 1 heterocycles. The summed E-state index contributed by atoms with van der Waals surface area (Å²) >= 11 is 0. The minimum atomic E-state index is -0.394. The second-order valence-electron chi connectivity index (χ2n) is 4.69. The summed E-state index contributed by atoms with van der Waals surface area (Å²) < 4.78 is 0. The van der Waals surface area contributed by atoms with Crippen molar-refractivity contribution in [2.45, 2.75) is 50.6 Å². The SMILES string of the molecule is Br.Br.NCCCCC1NC(=O)C(CCCCN)NC1=O. The third-order valence-corrected chi connectivity index (χ3v) is 3.16. The van der Waals surface area contributed by atoms with Gasteiger partial charge in [-0.2, -0.15) is 0 Å². The van der Waals surface area contributed by atoms with Gasteiger partial charge in [0.1, 0.15) is 12.1 Å². The zero-order valence-electron chi connectivity index (χ0n) is 11.6. The molecule has 6 nitrogen and oxygen atoms in total. The molecule has 0 saturated carbocycles. The first kappa shape index (κ1) is 22.1. The van der Waals surface area contributed by atoms with Gasteiger partial charge in [0.05, 0.1) is 0 Å². The number of carbonyl (C=O) groups is 2. The van der Waals surface area contributed by atoms with Crippen molar-refractivity contribution in [3.63, 3.8) is 0 Å². The monoisotopic (exact) mass is 416 g/mol. The molecule has 0 spiro atoms. The maximum Gasteiger partial charge on any atom is 0.243 e. The average Bonchev–Trinajstić information content (AvgIpc) is 2.35. The third-order valence-electron chi connectivity index (χ3n) is 3.16. The van der Waals surface area contributed by atoms with Crippen LogP contribution in [0.25, 0.3) is 0 Å². The van der Waals surface area contributed by atoms with Crippen LogP contribution in [0, 0.1) is 0 Å². The summed E-state index contributed by atoms with van der Waals surface area (Å²) in [5.41, 5.74) is 10.8. The Hall–Kier alpha value is -0.180. The fourth-order valence-electron chi connectivity index (χ4n) is 2.07. The Kier molecular flexibility index (Phi) is 13.9. The lowest BCUT2D eigenvalue weighted by molar-refractivity contribution is -0.137. The highest BCUT2D eigenvalue weighted by Gasteiger charge is 2.32. The minimum Gasteiger partial charge on any atom is -0.343 e. The third kappa shape index (κ3) is 7.56. The molecule has 0 aromatic heterocycles. The van der Waals surface area contributed by atoms with Crippen LogP contribution < -0.4 is 22.1 Å². The molecule has 0 aromatic rings. The summed E-state index contributed by atoms with van der Waals surface area (Å²) in [5.74, 6) is -0.159. The highest BCUT2D eigenvalue weighted by molar-refractivity contribution is 8.93. The molecule has 6 N–H and O–H groups in total. The molecule has 0 aromatic carbocycles. The zero-order chi connectivity index (χ0) is 13.4. The van der Waals surface area contributed by atoms with Gasteiger partial charge >= 0.3 is 0 Å². The van der Waals surface area contributed by atoms with Gasteiger partial charge in [0, 0.05) is 0 Å². The Morgan fingerprint density at radius 3 is 1.40 bits per heavy atom. The Morgan fingerprint density at radius 1 is 0.750 bits per heavy atom. The molecule has 1 rings (SSSR count). The van der Waals surface area contributed by atoms with Gasteiger partial charge in [-0.25, -0.2) is 0 Å². The number of nitrogens with one attached hydrogen (secondary N) is 2. The molecule has 1 aliphatic heterocycles. The highest BCUT2D eigenvalue weighted by Crippen LogP contribution is 2.09. The van der Waals surface area contributed by atoms with Crippen LogP contribution in [0.2, 0.25) is 0 Å². The topological polar surface area (TPSA) is 110 Å². The number of piperazine rings is 1. The second kappa shape index (κ2) is 12.6. The van der Waals surface area contributed by atoms with Crippen molar-refractivity contribution < 1.29 is 9.59 Å². The van der Waals surface area contributed by atoms with Gasteiger partial charge in [-0.15, -0.1) is 34.0 Å². The standard InChI is InChI=1S/C12H24N4O2.2BrH/c13-7-3-1-5-9-11(17)16-10(12(18)15-9)6-2-4-8-14;;/h9-10H,1-8,13-14H2,(H,15,18)(H,16,17);2*1H. The van der Waals surface area contributed by atoms with E-state index >= 15 is 0 Å². The first-order valence-electron chi connectivity index (χ1n) is 6.70. The quantitative estimate of drug-likeness (QED) is 0.428. The fraction of sp³-hybridized carbons (Fsp3) is 0.833. The fourth-order valence-corrected chi connectivity index (χ4v) is 2.07. The number of rotatable bonds is 8. The summed E-state index contributed by atoms with van der Waals surface area (Å²) in [6.07, 6.45) is 4.77. The number of amides is 2. The lowest BCUT2D eigenvalue weighted by Gasteiger charge is -2.29. The van der Waals surface area contributed by atoms with Gasteiger partial charge in [-0.1, -0.05) is 0 Å². The molecule has 8 heteroatoms. The summed E-state index contributed by atoms with van der Waals surface area (Å²) in [5, 5.41) is 5.56. The van der Waals surface area contributed by atoms with Crippen LogP contribution in [-0.2, 0) is 9.59 Å². The molecule has 0 aliphatic carbocycles. The van der Waals surface area contributed by atoms with Crippen molar-refractivity contribution in [2.75, 3.05) is 13.1 Å². The summed E-state index contributed by atoms with van der Waals surface area (Å²) in [6, 6.07) is -0.787. The predicted octanol–water partition coefficient (Wildman–Crippen LogP) is 0.383. The number of hydrogen-bond donors (Lipinski definition) is 4. The second-order valence-corrected chi connectivity index (χ2v) is 4.69.